The van der Waals surface area contributed by atoms with Crippen molar-refractivity contribution in [2.45, 2.75) is 25.9 Å². The first-order valence-electron chi connectivity index (χ1n) is 5.56. The summed E-state index contributed by atoms with van der Waals surface area (Å²) in [6.07, 6.45) is 0.283. The number of methoxy groups -OCH3 is 1. The zero-order chi connectivity index (χ0) is 14.2. The molecule has 0 heterocycles. The van der Waals surface area contributed by atoms with E-state index in [4.69, 9.17) is 4.74 Å². The fraction of sp³-hybridized carbons (Fsp3) is 0.900. The summed E-state index contributed by atoms with van der Waals surface area (Å²) in [7, 11) is -2.30. The summed E-state index contributed by atoms with van der Waals surface area (Å²) in [6, 6.07) is 0. The van der Waals surface area contributed by atoms with Gasteiger partial charge in [-0.1, -0.05) is 0 Å². The molecule has 0 aromatic heterocycles. The van der Waals surface area contributed by atoms with Crippen LogP contribution in [0.2, 0.25) is 0 Å². The third kappa shape index (κ3) is 8.40. The number of hydrogen-bond donors (Lipinski definition) is 2. The number of carbonyl (C=O) groups excluding carboxylic acids is 1. The van der Waals surface area contributed by atoms with Gasteiger partial charge in [0.05, 0.1) is 12.2 Å². The average molecular weight is 283 g/mol. The molecule has 0 amide bonds. The summed E-state index contributed by atoms with van der Waals surface area (Å²) in [4.78, 5) is 11.0. The molecule has 0 rings (SSSR count). The molecule has 0 radical (unpaired) electrons. The molecule has 0 aliphatic rings. The van der Waals surface area contributed by atoms with Crippen molar-refractivity contribution in [3.05, 3.63) is 0 Å². The lowest BCUT2D eigenvalue weighted by Crippen LogP contribution is -2.43. The van der Waals surface area contributed by atoms with E-state index >= 15 is 0 Å². The molecule has 0 aliphatic heterocycles. The van der Waals surface area contributed by atoms with Crippen molar-refractivity contribution in [2.75, 3.05) is 32.6 Å². The summed E-state index contributed by atoms with van der Waals surface area (Å²) in [5.41, 5.74) is -1.22. The van der Waals surface area contributed by atoms with Gasteiger partial charge in [0.25, 0.3) is 0 Å². The number of aliphatic hydroxyl groups is 1. The fourth-order valence-electron chi connectivity index (χ4n) is 1.08. The van der Waals surface area contributed by atoms with Crippen molar-refractivity contribution in [3.8, 4) is 0 Å². The van der Waals surface area contributed by atoms with Crippen LogP contribution in [0.1, 0.15) is 20.3 Å². The SMILES string of the molecule is CCOC(=O)CS(=O)(=O)NCC(C)(O)CCOC. The van der Waals surface area contributed by atoms with E-state index in [0.29, 0.717) is 6.61 Å². The molecule has 0 saturated heterocycles. The molecule has 1 atom stereocenters. The van der Waals surface area contributed by atoms with Gasteiger partial charge < -0.3 is 14.6 Å². The summed E-state index contributed by atoms with van der Waals surface area (Å²) in [5.74, 6) is -1.57. The van der Waals surface area contributed by atoms with Crippen molar-refractivity contribution < 1.29 is 27.8 Å². The van der Waals surface area contributed by atoms with Crippen LogP contribution in [0.5, 0.6) is 0 Å². The highest BCUT2D eigenvalue weighted by atomic mass is 32.2. The largest absolute Gasteiger partial charge is 0.465 e. The molecule has 0 fully saturated rings. The molecule has 7 nitrogen and oxygen atoms in total. The first-order chi connectivity index (χ1) is 8.22. The van der Waals surface area contributed by atoms with Crippen LogP contribution >= 0.6 is 0 Å². The van der Waals surface area contributed by atoms with E-state index in [1.54, 1.807) is 6.92 Å². The third-order valence-corrected chi connectivity index (χ3v) is 3.33. The maximum absolute atomic E-state index is 11.5. The van der Waals surface area contributed by atoms with Gasteiger partial charge >= 0.3 is 5.97 Å². The summed E-state index contributed by atoms with van der Waals surface area (Å²) < 4.78 is 34.5. The predicted octanol–water partition coefficient (Wildman–Crippen LogP) is -0.744. The lowest BCUT2D eigenvalue weighted by Gasteiger charge is -2.22. The van der Waals surface area contributed by atoms with Crippen LogP contribution in [-0.4, -0.2) is 57.7 Å². The van der Waals surface area contributed by atoms with Gasteiger partial charge in [-0.05, 0) is 13.8 Å². The Bertz CT molecular complexity index is 351. The minimum Gasteiger partial charge on any atom is -0.465 e. The molecule has 8 heteroatoms. The molecule has 0 aliphatic carbocycles. The zero-order valence-corrected chi connectivity index (χ0v) is 11.7. The number of ether oxygens (including phenoxy) is 2. The van der Waals surface area contributed by atoms with Crippen molar-refractivity contribution in [2.24, 2.45) is 0 Å². The number of hydrogen-bond acceptors (Lipinski definition) is 6. The molecule has 0 aromatic rings. The third-order valence-electron chi connectivity index (χ3n) is 2.13. The average Bonchev–Trinajstić information content (AvgIpc) is 2.24. The number of nitrogens with one attached hydrogen (secondary N) is 1. The Balaban J connectivity index is 4.21. The Labute approximate surface area is 108 Å². The van der Waals surface area contributed by atoms with Gasteiger partial charge in [-0.3, -0.25) is 4.79 Å². The first-order valence-corrected chi connectivity index (χ1v) is 7.22. The van der Waals surface area contributed by atoms with E-state index in [1.165, 1.54) is 14.0 Å². The molecule has 0 saturated carbocycles. The van der Waals surface area contributed by atoms with Gasteiger partial charge in [0.15, 0.2) is 5.75 Å². The van der Waals surface area contributed by atoms with Gasteiger partial charge in [0.2, 0.25) is 10.0 Å². The number of esters is 1. The molecular weight excluding hydrogens is 262 g/mol. The minimum atomic E-state index is -3.79. The Morgan fingerprint density at radius 1 is 1.44 bits per heavy atom. The summed E-state index contributed by atoms with van der Waals surface area (Å²) in [5, 5.41) is 9.82. The number of sulfonamides is 1. The van der Waals surface area contributed by atoms with Gasteiger partial charge in [0, 0.05) is 26.7 Å². The molecule has 0 spiro atoms. The number of carbonyl (C=O) groups is 1. The maximum Gasteiger partial charge on any atom is 0.322 e. The lowest BCUT2D eigenvalue weighted by atomic mass is 10.0. The van der Waals surface area contributed by atoms with Gasteiger partial charge in [-0.25, -0.2) is 13.1 Å². The topological polar surface area (TPSA) is 102 Å². The normalized spacial score (nSPS) is 15.1. The molecule has 2 N–H and O–H groups in total. The second-order valence-electron chi connectivity index (χ2n) is 4.12. The monoisotopic (exact) mass is 283 g/mol. The van der Waals surface area contributed by atoms with E-state index in [2.05, 4.69) is 9.46 Å². The summed E-state index contributed by atoms with van der Waals surface area (Å²) in [6.45, 7) is 3.33. The van der Waals surface area contributed by atoms with Crippen molar-refractivity contribution in [3.63, 3.8) is 0 Å². The smallest absolute Gasteiger partial charge is 0.322 e. The van der Waals surface area contributed by atoms with Crippen molar-refractivity contribution >= 4 is 16.0 Å². The quantitative estimate of drug-likeness (QED) is 0.540. The predicted molar refractivity (Wildman–Crippen MR) is 65.5 cm³/mol. The van der Waals surface area contributed by atoms with Crippen LogP contribution in [0.3, 0.4) is 0 Å². The Kier molecular flexibility index (Phi) is 7.37. The van der Waals surface area contributed by atoms with Crippen LogP contribution < -0.4 is 4.72 Å². The molecule has 0 aromatic carbocycles. The van der Waals surface area contributed by atoms with Crippen molar-refractivity contribution in [1.29, 1.82) is 0 Å². The van der Waals surface area contributed by atoms with Crippen LogP contribution in [0, 0.1) is 0 Å². The van der Waals surface area contributed by atoms with Crippen LogP contribution in [0.25, 0.3) is 0 Å². The van der Waals surface area contributed by atoms with Gasteiger partial charge in [-0.15, -0.1) is 0 Å². The van der Waals surface area contributed by atoms with E-state index in [1.807, 2.05) is 0 Å². The number of rotatable bonds is 9. The van der Waals surface area contributed by atoms with E-state index in [-0.39, 0.29) is 19.6 Å². The maximum atomic E-state index is 11.5. The molecule has 18 heavy (non-hydrogen) atoms. The molecule has 0 bridgehead atoms. The second kappa shape index (κ2) is 7.67. The van der Waals surface area contributed by atoms with Crippen LogP contribution in [0.15, 0.2) is 0 Å². The van der Waals surface area contributed by atoms with E-state index in [0.717, 1.165) is 0 Å². The highest BCUT2D eigenvalue weighted by molar-refractivity contribution is 7.90. The zero-order valence-electron chi connectivity index (χ0n) is 10.9. The molecular formula is C10H21NO6S. The Hall–Kier alpha value is -0.700. The highest BCUT2D eigenvalue weighted by Crippen LogP contribution is 2.08. The highest BCUT2D eigenvalue weighted by Gasteiger charge is 2.24. The standard InChI is InChI=1S/C10H21NO6S/c1-4-17-9(12)7-18(14,15)11-8-10(2,13)5-6-16-3/h11,13H,4-8H2,1-3H3. The van der Waals surface area contributed by atoms with Crippen LogP contribution in [0.4, 0.5) is 0 Å². The van der Waals surface area contributed by atoms with Crippen molar-refractivity contribution in [1.82, 2.24) is 4.72 Å². The van der Waals surface area contributed by atoms with Gasteiger partial charge in [0.1, 0.15) is 0 Å². The fourth-order valence-corrected chi connectivity index (χ4v) is 2.11. The van der Waals surface area contributed by atoms with E-state index in [9.17, 15) is 18.3 Å². The molecule has 108 valence electrons. The van der Waals surface area contributed by atoms with Gasteiger partial charge in [-0.2, -0.15) is 0 Å². The lowest BCUT2D eigenvalue weighted by molar-refractivity contribution is -0.139. The summed E-state index contributed by atoms with van der Waals surface area (Å²) >= 11 is 0. The molecule has 1 unspecified atom stereocenters. The van der Waals surface area contributed by atoms with Crippen LogP contribution in [-0.2, 0) is 24.3 Å². The second-order valence-corrected chi connectivity index (χ2v) is 5.93. The Morgan fingerprint density at radius 2 is 2.06 bits per heavy atom. The Morgan fingerprint density at radius 3 is 2.56 bits per heavy atom. The minimum absolute atomic E-state index is 0.125. The van der Waals surface area contributed by atoms with E-state index < -0.39 is 27.3 Å². The first kappa shape index (κ1) is 17.3.